The Kier molecular flexibility index (Phi) is 8.13. The zero-order chi connectivity index (χ0) is 10.5. The quantitative estimate of drug-likeness (QED) is 0.892. The molecule has 1 heterocycles. The van der Waals surface area contributed by atoms with Crippen LogP contribution in [0.3, 0.4) is 0 Å². The largest absolute Gasteiger partial charge is 0.495 e. The first kappa shape index (κ1) is 16.4. The third kappa shape index (κ3) is 4.62. The number of anilines is 1. The highest BCUT2D eigenvalue weighted by Crippen LogP contribution is 2.25. The SMILES string of the molecule is COc1ccccc1NC1CCNCC1.Cl.Cl. The lowest BCUT2D eigenvalue weighted by atomic mass is 10.1. The monoisotopic (exact) mass is 278 g/mol. The average molecular weight is 279 g/mol. The van der Waals surface area contributed by atoms with Gasteiger partial charge in [0.1, 0.15) is 5.75 Å². The molecule has 1 aromatic rings. The van der Waals surface area contributed by atoms with Gasteiger partial charge in [-0.15, -0.1) is 24.8 Å². The molecule has 0 bridgehead atoms. The fraction of sp³-hybridized carbons (Fsp3) is 0.500. The number of piperidine rings is 1. The van der Waals surface area contributed by atoms with E-state index < -0.39 is 0 Å². The lowest BCUT2D eigenvalue weighted by molar-refractivity contribution is 0.414. The summed E-state index contributed by atoms with van der Waals surface area (Å²) in [6.45, 7) is 2.21. The number of rotatable bonds is 3. The second-order valence-corrected chi connectivity index (χ2v) is 3.87. The van der Waals surface area contributed by atoms with Gasteiger partial charge in [-0.2, -0.15) is 0 Å². The molecule has 2 rings (SSSR count). The molecule has 0 radical (unpaired) electrons. The first-order valence-electron chi connectivity index (χ1n) is 5.50. The van der Waals surface area contributed by atoms with E-state index in [1.165, 1.54) is 12.8 Å². The molecule has 0 aromatic heterocycles. The summed E-state index contributed by atoms with van der Waals surface area (Å²) in [5, 5.41) is 6.89. The van der Waals surface area contributed by atoms with Crippen LogP contribution in [0.4, 0.5) is 5.69 Å². The minimum absolute atomic E-state index is 0. The van der Waals surface area contributed by atoms with Crippen molar-refractivity contribution >= 4 is 30.5 Å². The van der Waals surface area contributed by atoms with Gasteiger partial charge in [-0.05, 0) is 38.1 Å². The van der Waals surface area contributed by atoms with E-state index in [-0.39, 0.29) is 24.8 Å². The first-order chi connectivity index (χ1) is 7.40. The van der Waals surface area contributed by atoms with Crippen molar-refractivity contribution in [3.8, 4) is 5.75 Å². The number of halogens is 2. The molecule has 1 aliphatic rings. The molecule has 5 heteroatoms. The number of para-hydroxylation sites is 2. The van der Waals surface area contributed by atoms with Gasteiger partial charge in [-0.25, -0.2) is 0 Å². The van der Waals surface area contributed by atoms with Gasteiger partial charge in [0, 0.05) is 6.04 Å². The van der Waals surface area contributed by atoms with Gasteiger partial charge in [-0.1, -0.05) is 12.1 Å². The fourth-order valence-corrected chi connectivity index (χ4v) is 1.95. The van der Waals surface area contributed by atoms with Crippen LogP contribution in [0.15, 0.2) is 24.3 Å². The van der Waals surface area contributed by atoms with Crippen molar-refractivity contribution < 1.29 is 4.74 Å². The van der Waals surface area contributed by atoms with E-state index in [4.69, 9.17) is 4.74 Å². The van der Waals surface area contributed by atoms with E-state index in [0.29, 0.717) is 6.04 Å². The summed E-state index contributed by atoms with van der Waals surface area (Å²) >= 11 is 0. The maximum Gasteiger partial charge on any atom is 0.141 e. The molecule has 1 saturated heterocycles. The summed E-state index contributed by atoms with van der Waals surface area (Å²) in [5.41, 5.74) is 1.10. The third-order valence-corrected chi connectivity index (χ3v) is 2.81. The van der Waals surface area contributed by atoms with Crippen molar-refractivity contribution in [1.82, 2.24) is 5.32 Å². The van der Waals surface area contributed by atoms with Gasteiger partial charge >= 0.3 is 0 Å². The second kappa shape index (κ2) is 8.45. The molecular formula is C12H20Cl2N2O. The molecule has 98 valence electrons. The smallest absolute Gasteiger partial charge is 0.141 e. The summed E-state index contributed by atoms with van der Waals surface area (Å²) in [6, 6.07) is 8.66. The summed E-state index contributed by atoms with van der Waals surface area (Å²) < 4.78 is 5.31. The van der Waals surface area contributed by atoms with Crippen LogP contribution in [0.1, 0.15) is 12.8 Å². The molecular weight excluding hydrogens is 259 g/mol. The number of benzene rings is 1. The van der Waals surface area contributed by atoms with Crippen LogP contribution in [0.5, 0.6) is 5.75 Å². The average Bonchev–Trinajstić information content (AvgIpc) is 2.31. The summed E-state index contributed by atoms with van der Waals surface area (Å²) in [5.74, 6) is 0.927. The molecule has 0 aliphatic carbocycles. The summed E-state index contributed by atoms with van der Waals surface area (Å²) in [7, 11) is 1.71. The van der Waals surface area contributed by atoms with Gasteiger partial charge in [0.2, 0.25) is 0 Å². The van der Waals surface area contributed by atoms with Crippen LogP contribution in [0.2, 0.25) is 0 Å². The molecule has 1 fully saturated rings. The highest BCUT2D eigenvalue weighted by molar-refractivity contribution is 5.85. The van der Waals surface area contributed by atoms with Crippen molar-refractivity contribution in [2.75, 3.05) is 25.5 Å². The Balaban J connectivity index is 0.00000128. The van der Waals surface area contributed by atoms with Crippen molar-refractivity contribution in [3.05, 3.63) is 24.3 Å². The van der Waals surface area contributed by atoms with E-state index in [9.17, 15) is 0 Å². The van der Waals surface area contributed by atoms with Crippen molar-refractivity contribution in [3.63, 3.8) is 0 Å². The Hall–Kier alpha value is -0.640. The summed E-state index contributed by atoms with van der Waals surface area (Å²) in [4.78, 5) is 0. The van der Waals surface area contributed by atoms with Gasteiger partial charge in [0.05, 0.1) is 12.8 Å². The van der Waals surface area contributed by atoms with E-state index in [1.54, 1.807) is 7.11 Å². The lowest BCUT2D eigenvalue weighted by Crippen LogP contribution is -2.35. The predicted molar refractivity (Wildman–Crippen MR) is 77.0 cm³/mol. The maximum absolute atomic E-state index is 5.31. The Bertz CT molecular complexity index is 317. The molecule has 1 aliphatic heterocycles. The molecule has 0 amide bonds. The Morgan fingerprint density at radius 3 is 2.47 bits per heavy atom. The van der Waals surface area contributed by atoms with E-state index in [1.807, 2.05) is 18.2 Å². The van der Waals surface area contributed by atoms with Crippen molar-refractivity contribution in [1.29, 1.82) is 0 Å². The molecule has 17 heavy (non-hydrogen) atoms. The van der Waals surface area contributed by atoms with E-state index >= 15 is 0 Å². The van der Waals surface area contributed by atoms with Crippen molar-refractivity contribution in [2.45, 2.75) is 18.9 Å². The van der Waals surface area contributed by atoms with Crippen LogP contribution >= 0.6 is 24.8 Å². The minimum Gasteiger partial charge on any atom is -0.495 e. The number of hydrogen-bond acceptors (Lipinski definition) is 3. The molecule has 0 atom stereocenters. The normalized spacial score (nSPS) is 15.4. The number of methoxy groups -OCH3 is 1. The lowest BCUT2D eigenvalue weighted by Gasteiger charge is -2.25. The van der Waals surface area contributed by atoms with Gasteiger partial charge in [0.15, 0.2) is 0 Å². The highest BCUT2D eigenvalue weighted by atomic mass is 35.5. The second-order valence-electron chi connectivity index (χ2n) is 3.87. The topological polar surface area (TPSA) is 33.3 Å². The first-order valence-corrected chi connectivity index (χ1v) is 5.50. The standard InChI is InChI=1S/C12H18N2O.2ClH/c1-15-12-5-3-2-4-11(12)14-10-6-8-13-9-7-10;;/h2-5,10,13-14H,6-9H2,1H3;2*1H. The zero-order valence-corrected chi connectivity index (χ0v) is 11.6. The number of hydrogen-bond donors (Lipinski definition) is 2. The number of nitrogens with one attached hydrogen (secondary N) is 2. The third-order valence-electron chi connectivity index (χ3n) is 2.81. The molecule has 3 nitrogen and oxygen atoms in total. The molecule has 0 unspecified atom stereocenters. The fourth-order valence-electron chi connectivity index (χ4n) is 1.95. The molecule has 0 saturated carbocycles. The highest BCUT2D eigenvalue weighted by Gasteiger charge is 2.13. The Morgan fingerprint density at radius 1 is 1.18 bits per heavy atom. The van der Waals surface area contributed by atoms with E-state index in [2.05, 4.69) is 16.7 Å². The molecule has 0 spiro atoms. The van der Waals surface area contributed by atoms with E-state index in [0.717, 1.165) is 24.5 Å². The van der Waals surface area contributed by atoms with Crippen molar-refractivity contribution in [2.24, 2.45) is 0 Å². The molecule has 1 aromatic carbocycles. The minimum atomic E-state index is 0. The van der Waals surface area contributed by atoms with Crippen LogP contribution in [0, 0.1) is 0 Å². The summed E-state index contributed by atoms with van der Waals surface area (Å²) in [6.07, 6.45) is 2.36. The van der Waals surface area contributed by atoms with Crippen LogP contribution in [-0.2, 0) is 0 Å². The Morgan fingerprint density at radius 2 is 1.82 bits per heavy atom. The van der Waals surface area contributed by atoms with Crippen LogP contribution < -0.4 is 15.4 Å². The zero-order valence-electron chi connectivity index (χ0n) is 9.94. The Labute approximate surface area is 115 Å². The van der Waals surface area contributed by atoms with Gasteiger partial charge < -0.3 is 15.4 Å². The maximum atomic E-state index is 5.31. The van der Waals surface area contributed by atoms with Crippen LogP contribution in [-0.4, -0.2) is 26.2 Å². The number of ether oxygens (including phenoxy) is 1. The predicted octanol–water partition coefficient (Wildman–Crippen LogP) is 2.70. The van der Waals surface area contributed by atoms with Gasteiger partial charge in [-0.3, -0.25) is 0 Å². The van der Waals surface area contributed by atoms with Gasteiger partial charge in [0.25, 0.3) is 0 Å². The van der Waals surface area contributed by atoms with Crippen LogP contribution in [0.25, 0.3) is 0 Å². The molecule has 2 N–H and O–H groups in total.